The lowest BCUT2D eigenvalue weighted by Crippen LogP contribution is -2.54. The molecule has 0 aliphatic heterocycles. The molecule has 3 fully saturated rings. The lowest BCUT2D eigenvalue weighted by Gasteiger charge is -2.51. The van der Waals surface area contributed by atoms with Gasteiger partial charge in [0.1, 0.15) is 0 Å². The summed E-state index contributed by atoms with van der Waals surface area (Å²) in [5, 5.41) is 21.0. The first-order valence-corrected chi connectivity index (χ1v) is 7.19. The Morgan fingerprint density at radius 2 is 1.88 bits per heavy atom. The van der Waals surface area contributed by atoms with E-state index in [-0.39, 0.29) is 11.5 Å². The average molecular weight is 238 g/mol. The van der Waals surface area contributed by atoms with Gasteiger partial charge < -0.3 is 10.2 Å². The van der Waals surface area contributed by atoms with Crippen molar-refractivity contribution in [3.8, 4) is 0 Å². The zero-order valence-electron chi connectivity index (χ0n) is 11.5. The zero-order valence-corrected chi connectivity index (χ0v) is 11.5. The summed E-state index contributed by atoms with van der Waals surface area (Å²) in [4.78, 5) is 0. The van der Waals surface area contributed by atoms with Gasteiger partial charge >= 0.3 is 0 Å². The molecule has 0 bridgehead atoms. The van der Waals surface area contributed by atoms with Crippen LogP contribution in [0.3, 0.4) is 0 Å². The van der Waals surface area contributed by atoms with E-state index in [2.05, 4.69) is 20.8 Å². The summed E-state index contributed by atoms with van der Waals surface area (Å²) >= 11 is 0. The van der Waals surface area contributed by atoms with E-state index < -0.39 is 5.60 Å². The van der Waals surface area contributed by atoms with Crippen LogP contribution in [0.2, 0.25) is 0 Å². The molecule has 17 heavy (non-hydrogen) atoms. The number of fused-ring (bicyclic) bond motifs is 3. The van der Waals surface area contributed by atoms with E-state index >= 15 is 0 Å². The molecule has 98 valence electrons. The number of hydrogen-bond acceptors (Lipinski definition) is 2. The van der Waals surface area contributed by atoms with E-state index in [1.54, 1.807) is 0 Å². The second-order valence-electron chi connectivity index (χ2n) is 7.66. The van der Waals surface area contributed by atoms with Gasteiger partial charge in [0.2, 0.25) is 0 Å². The highest BCUT2D eigenvalue weighted by molar-refractivity contribution is 5.20. The molecule has 2 N–H and O–H groups in total. The quantitative estimate of drug-likeness (QED) is 0.736. The third kappa shape index (κ3) is 1.40. The molecule has 7 atom stereocenters. The maximum atomic E-state index is 10.7. The van der Waals surface area contributed by atoms with Crippen molar-refractivity contribution in [2.45, 2.75) is 58.7 Å². The zero-order chi connectivity index (χ0) is 12.6. The second kappa shape index (κ2) is 3.27. The number of hydrogen-bond donors (Lipinski definition) is 2. The van der Waals surface area contributed by atoms with Gasteiger partial charge in [0, 0.05) is 0 Å². The Morgan fingerprint density at radius 1 is 1.24 bits per heavy atom. The van der Waals surface area contributed by atoms with Gasteiger partial charge in [0.25, 0.3) is 0 Å². The molecule has 0 heterocycles. The highest BCUT2D eigenvalue weighted by Gasteiger charge is 2.72. The normalized spacial score (nSPS) is 61.2. The molecule has 0 aromatic rings. The largest absolute Gasteiger partial charge is 0.393 e. The first kappa shape index (κ1) is 12.0. The summed E-state index contributed by atoms with van der Waals surface area (Å²) in [5.41, 5.74) is -0.584. The van der Waals surface area contributed by atoms with Crippen molar-refractivity contribution in [1.29, 1.82) is 0 Å². The van der Waals surface area contributed by atoms with Gasteiger partial charge in [-0.2, -0.15) is 0 Å². The fourth-order valence-electron chi connectivity index (χ4n) is 5.57. The summed E-state index contributed by atoms with van der Waals surface area (Å²) in [5.74, 6) is 3.28. The Labute approximate surface area is 104 Å². The molecule has 0 aromatic heterocycles. The van der Waals surface area contributed by atoms with E-state index in [0.717, 1.165) is 37.0 Å². The summed E-state index contributed by atoms with van der Waals surface area (Å²) < 4.78 is 0. The van der Waals surface area contributed by atoms with Crippen molar-refractivity contribution >= 4 is 0 Å². The number of aliphatic hydroxyl groups is 2. The first-order valence-electron chi connectivity index (χ1n) is 7.19. The van der Waals surface area contributed by atoms with Gasteiger partial charge in [-0.3, -0.25) is 0 Å². The third-order valence-electron chi connectivity index (χ3n) is 6.19. The Morgan fingerprint density at radius 3 is 2.47 bits per heavy atom. The summed E-state index contributed by atoms with van der Waals surface area (Å²) in [6.45, 7) is 8.81. The minimum Gasteiger partial charge on any atom is -0.393 e. The van der Waals surface area contributed by atoms with E-state index in [1.165, 1.54) is 0 Å². The maximum absolute atomic E-state index is 10.7. The molecular formula is C15H26O2. The van der Waals surface area contributed by atoms with Crippen molar-refractivity contribution in [3.05, 3.63) is 0 Å². The number of rotatable bonds is 1. The minimum atomic E-state index is -0.558. The predicted octanol–water partition coefficient (Wildman–Crippen LogP) is 2.44. The fourth-order valence-corrected chi connectivity index (χ4v) is 5.57. The Bertz CT molecular complexity index is 336. The monoisotopic (exact) mass is 238 g/mol. The Balaban J connectivity index is 1.92. The molecule has 0 amide bonds. The molecule has 0 radical (unpaired) electrons. The summed E-state index contributed by atoms with van der Waals surface area (Å²) in [6.07, 6.45) is 2.46. The van der Waals surface area contributed by atoms with E-state index in [4.69, 9.17) is 0 Å². The van der Waals surface area contributed by atoms with Crippen LogP contribution in [0, 0.1) is 35.0 Å². The van der Waals surface area contributed by atoms with E-state index in [0.29, 0.717) is 11.8 Å². The van der Waals surface area contributed by atoms with Gasteiger partial charge in [0.05, 0.1) is 11.7 Å². The molecular weight excluding hydrogens is 212 g/mol. The summed E-state index contributed by atoms with van der Waals surface area (Å²) in [7, 11) is 0. The molecule has 3 aliphatic rings. The topological polar surface area (TPSA) is 40.5 Å². The highest BCUT2D eigenvalue weighted by atomic mass is 16.3. The molecule has 0 saturated heterocycles. The smallest absolute Gasteiger partial charge is 0.0657 e. The molecule has 0 aromatic carbocycles. The van der Waals surface area contributed by atoms with Crippen LogP contribution in [0.15, 0.2) is 0 Å². The Hall–Kier alpha value is -0.0800. The maximum Gasteiger partial charge on any atom is 0.0657 e. The van der Waals surface area contributed by atoms with Crippen LogP contribution in [0.25, 0.3) is 0 Å². The van der Waals surface area contributed by atoms with Crippen LogP contribution in [0.5, 0.6) is 0 Å². The molecule has 2 heteroatoms. The van der Waals surface area contributed by atoms with E-state index in [9.17, 15) is 10.2 Å². The van der Waals surface area contributed by atoms with Crippen molar-refractivity contribution in [2.24, 2.45) is 35.0 Å². The van der Waals surface area contributed by atoms with Crippen LogP contribution in [0.4, 0.5) is 0 Å². The Kier molecular flexibility index (Phi) is 2.30. The first-order chi connectivity index (χ1) is 7.79. The molecule has 3 aliphatic carbocycles. The van der Waals surface area contributed by atoms with Gasteiger partial charge in [0.15, 0.2) is 0 Å². The van der Waals surface area contributed by atoms with Crippen LogP contribution in [0.1, 0.15) is 47.0 Å². The van der Waals surface area contributed by atoms with Crippen molar-refractivity contribution in [2.75, 3.05) is 0 Å². The minimum absolute atomic E-state index is 0.0253. The molecule has 3 saturated carbocycles. The van der Waals surface area contributed by atoms with Crippen molar-refractivity contribution in [3.63, 3.8) is 0 Å². The predicted molar refractivity (Wildman–Crippen MR) is 67.4 cm³/mol. The molecule has 3 rings (SSSR count). The van der Waals surface area contributed by atoms with Crippen molar-refractivity contribution < 1.29 is 10.2 Å². The molecule has 2 nitrogen and oxygen atoms in total. The fraction of sp³-hybridized carbons (Fsp3) is 1.00. The van der Waals surface area contributed by atoms with Crippen LogP contribution >= 0.6 is 0 Å². The van der Waals surface area contributed by atoms with E-state index in [1.807, 2.05) is 6.92 Å². The van der Waals surface area contributed by atoms with Gasteiger partial charge in [-0.1, -0.05) is 20.8 Å². The lowest BCUT2D eigenvalue weighted by atomic mass is 9.58. The van der Waals surface area contributed by atoms with Crippen LogP contribution < -0.4 is 0 Å². The van der Waals surface area contributed by atoms with Gasteiger partial charge in [-0.05, 0) is 61.2 Å². The molecule has 0 spiro atoms. The number of aliphatic hydroxyl groups excluding tert-OH is 1. The van der Waals surface area contributed by atoms with Gasteiger partial charge in [-0.15, -0.1) is 0 Å². The average Bonchev–Trinajstić information content (AvgIpc) is 2.77. The second-order valence-corrected chi connectivity index (χ2v) is 7.66. The van der Waals surface area contributed by atoms with Crippen molar-refractivity contribution in [1.82, 2.24) is 0 Å². The van der Waals surface area contributed by atoms with Crippen LogP contribution in [-0.2, 0) is 0 Å². The van der Waals surface area contributed by atoms with Crippen LogP contribution in [-0.4, -0.2) is 21.9 Å². The lowest BCUT2D eigenvalue weighted by molar-refractivity contribution is -0.150. The molecule has 0 unspecified atom stereocenters. The SMILES string of the molecule is CC(C)[C@@H]1[C@H]2C[C@]3(C)[C@@H]([C@@H]21)[C@](C)(O)CC[C@@H]3O. The van der Waals surface area contributed by atoms with Gasteiger partial charge in [-0.25, -0.2) is 0 Å². The third-order valence-corrected chi connectivity index (χ3v) is 6.19. The summed E-state index contributed by atoms with van der Waals surface area (Å²) in [6, 6.07) is 0. The standard InChI is InChI=1S/C15H26O2/c1-8(2)11-9-7-14(3)10(16)5-6-15(4,17)13(14)12(9)11/h8-13,16-17H,5-7H2,1-4H3/t9-,10+,11-,12+,13-,14+,15-/m1/s1. The highest BCUT2D eigenvalue weighted by Crippen LogP contribution is 2.73.